The molecule has 27 heavy (non-hydrogen) atoms. The molecule has 1 saturated heterocycles. The normalized spacial score (nSPS) is 17.4. The number of halogens is 6. The largest absolute Gasteiger partial charge is 0.434 e. The van der Waals surface area contributed by atoms with Gasteiger partial charge < -0.3 is 9.64 Å². The predicted molar refractivity (Wildman–Crippen MR) is 88.0 cm³/mol. The Labute approximate surface area is 153 Å². The van der Waals surface area contributed by atoms with Crippen molar-refractivity contribution in [3.63, 3.8) is 0 Å². The average Bonchev–Trinajstić information content (AvgIpc) is 2.57. The number of piperazine rings is 1. The van der Waals surface area contributed by atoms with Crippen molar-refractivity contribution < 1.29 is 35.9 Å². The maximum Gasteiger partial charge on any atom is 0.434 e. The SMILES string of the molecule is C=C/C=C\C=C(/C=C)CN1CCN(C(=O)OC(C(F)(F)F)C(F)(F)F)CC1. The second-order valence-corrected chi connectivity index (χ2v) is 5.68. The molecule has 0 aromatic carbocycles. The number of amides is 1. The Morgan fingerprint density at radius 3 is 2.00 bits per heavy atom. The number of carbonyl (C=O) groups excluding carboxylic acids is 1. The monoisotopic (exact) mass is 398 g/mol. The Kier molecular flexibility index (Phi) is 8.14. The number of rotatable bonds is 6. The van der Waals surface area contributed by atoms with Gasteiger partial charge in [0.25, 0.3) is 6.10 Å². The second kappa shape index (κ2) is 9.63. The van der Waals surface area contributed by atoms with E-state index in [2.05, 4.69) is 17.9 Å². The first-order chi connectivity index (χ1) is 12.5. The molecule has 0 unspecified atom stereocenters. The molecule has 1 amide bonds. The van der Waals surface area contributed by atoms with E-state index in [4.69, 9.17) is 0 Å². The summed E-state index contributed by atoms with van der Waals surface area (Å²) in [7, 11) is 0. The fourth-order valence-electron chi connectivity index (χ4n) is 2.28. The summed E-state index contributed by atoms with van der Waals surface area (Å²) in [5.74, 6) is 0. The van der Waals surface area contributed by atoms with Gasteiger partial charge in [-0.1, -0.05) is 43.5 Å². The van der Waals surface area contributed by atoms with E-state index in [9.17, 15) is 31.1 Å². The Morgan fingerprint density at radius 2 is 1.56 bits per heavy atom. The molecule has 10 heteroatoms. The van der Waals surface area contributed by atoms with Gasteiger partial charge >= 0.3 is 18.4 Å². The minimum absolute atomic E-state index is 0.0474. The first kappa shape index (κ1) is 22.8. The van der Waals surface area contributed by atoms with Crippen molar-refractivity contribution in [1.82, 2.24) is 9.80 Å². The molecular formula is C17H20F6N2O2. The molecular weight excluding hydrogens is 378 g/mol. The Morgan fingerprint density at radius 1 is 1.00 bits per heavy atom. The van der Waals surface area contributed by atoms with E-state index in [1.165, 1.54) is 0 Å². The van der Waals surface area contributed by atoms with Crippen LogP contribution in [0.25, 0.3) is 0 Å². The van der Waals surface area contributed by atoms with Gasteiger partial charge in [-0.3, -0.25) is 4.90 Å². The molecule has 0 bridgehead atoms. The Balaban J connectivity index is 2.62. The van der Waals surface area contributed by atoms with E-state index in [0.717, 1.165) is 10.5 Å². The molecule has 0 atom stereocenters. The number of carbonyl (C=O) groups is 1. The zero-order chi connectivity index (χ0) is 20.7. The van der Waals surface area contributed by atoms with Gasteiger partial charge in [-0.2, -0.15) is 26.3 Å². The quantitative estimate of drug-likeness (QED) is 0.499. The number of alkyl halides is 6. The van der Waals surface area contributed by atoms with Crippen LogP contribution in [0.15, 0.2) is 49.1 Å². The van der Waals surface area contributed by atoms with E-state index < -0.39 is 24.5 Å². The summed E-state index contributed by atoms with van der Waals surface area (Å²) < 4.78 is 78.5. The molecule has 1 aliphatic heterocycles. The minimum atomic E-state index is -5.72. The molecule has 1 rings (SSSR count). The summed E-state index contributed by atoms with van der Waals surface area (Å²) in [5.41, 5.74) is 0.860. The van der Waals surface area contributed by atoms with Gasteiger partial charge in [0.15, 0.2) is 0 Å². The number of hydrogen-bond donors (Lipinski definition) is 0. The van der Waals surface area contributed by atoms with Crippen molar-refractivity contribution in [1.29, 1.82) is 0 Å². The van der Waals surface area contributed by atoms with Crippen molar-refractivity contribution in [2.75, 3.05) is 32.7 Å². The lowest BCUT2D eigenvalue weighted by Crippen LogP contribution is -2.52. The van der Waals surface area contributed by atoms with Crippen molar-refractivity contribution >= 4 is 6.09 Å². The number of hydrogen-bond acceptors (Lipinski definition) is 3. The van der Waals surface area contributed by atoms with Crippen LogP contribution >= 0.6 is 0 Å². The zero-order valence-corrected chi connectivity index (χ0v) is 14.4. The van der Waals surface area contributed by atoms with Crippen LogP contribution in [-0.4, -0.2) is 67.1 Å². The molecule has 0 aromatic rings. The molecule has 1 fully saturated rings. The maximum atomic E-state index is 12.5. The van der Waals surface area contributed by atoms with Crippen LogP contribution < -0.4 is 0 Å². The van der Waals surface area contributed by atoms with Crippen LogP contribution in [0.1, 0.15) is 0 Å². The highest BCUT2D eigenvalue weighted by Gasteiger charge is 2.60. The molecule has 0 N–H and O–H groups in total. The fraction of sp³-hybridized carbons (Fsp3) is 0.471. The summed E-state index contributed by atoms with van der Waals surface area (Å²) in [6, 6.07) is 0. The van der Waals surface area contributed by atoms with Gasteiger partial charge in [-0.15, -0.1) is 0 Å². The van der Waals surface area contributed by atoms with E-state index in [0.29, 0.717) is 6.54 Å². The van der Waals surface area contributed by atoms with Crippen LogP contribution in [0.4, 0.5) is 31.1 Å². The van der Waals surface area contributed by atoms with E-state index in [-0.39, 0.29) is 26.2 Å². The van der Waals surface area contributed by atoms with Gasteiger partial charge in [0.05, 0.1) is 0 Å². The van der Waals surface area contributed by atoms with Crippen LogP contribution in [0, 0.1) is 0 Å². The highest BCUT2D eigenvalue weighted by molar-refractivity contribution is 5.68. The van der Waals surface area contributed by atoms with Crippen molar-refractivity contribution in [2.24, 2.45) is 0 Å². The summed E-state index contributed by atoms with van der Waals surface area (Å²) in [6.45, 7) is 8.13. The third-order valence-corrected chi connectivity index (χ3v) is 3.67. The molecule has 1 heterocycles. The van der Waals surface area contributed by atoms with E-state index in [1.807, 2.05) is 4.90 Å². The molecule has 152 valence electrons. The van der Waals surface area contributed by atoms with E-state index in [1.54, 1.807) is 30.4 Å². The highest BCUT2D eigenvalue weighted by atomic mass is 19.4. The first-order valence-electron chi connectivity index (χ1n) is 7.91. The molecule has 4 nitrogen and oxygen atoms in total. The average molecular weight is 398 g/mol. The lowest BCUT2D eigenvalue weighted by molar-refractivity contribution is -0.308. The molecule has 0 spiro atoms. The predicted octanol–water partition coefficient (Wildman–Crippen LogP) is 4.09. The lowest BCUT2D eigenvalue weighted by atomic mass is 10.2. The zero-order valence-electron chi connectivity index (χ0n) is 14.4. The topological polar surface area (TPSA) is 32.8 Å². The summed E-state index contributed by atoms with van der Waals surface area (Å²) in [4.78, 5) is 14.4. The van der Waals surface area contributed by atoms with Gasteiger partial charge in [-0.25, -0.2) is 4.79 Å². The van der Waals surface area contributed by atoms with Gasteiger partial charge in [0, 0.05) is 32.7 Å². The van der Waals surface area contributed by atoms with Crippen molar-refractivity contribution in [2.45, 2.75) is 18.5 Å². The fourth-order valence-corrected chi connectivity index (χ4v) is 2.28. The minimum Gasteiger partial charge on any atom is -0.426 e. The standard InChI is InChI=1S/C17H20F6N2O2/c1-3-5-6-7-13(4-2)12-24-8-10-25(11-9-24)15(26)27-14(16(18,19)20)17(21,22)23/h3-7,14H,1-2,8-12H2/b6-5-,13-7+. The van der Waals surface area contributed by atoms with Crippen LogP contribution in [0.5, 0.6) is 0 Å². The highest BCUT2D eigenvalue weighted by Crippen LogP contribution is 2.36. The summed E-state index contributed by atoms with van der Waals surface area (Å²) in [5, 5.41) is 0. The van der Waals surface area contributed by atoms with Gasteiger partial charge in [0.1, 0.15) is 0 Å². The lowest BCUT2D eigenvalue weighted by Gasteiger charge is -2.35. The van der Waals surface area contributed by atoms with Crippen LogP contribution in [0.2, 0.25) is 0 Å². The van der Waals surface area contributed by atoms with Gasteiger partial charge in [0.2, 0.25) is 0 Å². The van der Waals surface area contributed by atoms with E-state index >= 15 is 0 Å². The van der Waals surface area contributed by atoms with Crippen molar-refractivity contribution in [3.05, 3.63) is 49.1 Å². The Hall–Kier alpha value is -2.23. The number of allylic oxidation sites excluding steroid dienone is 4. The van der Waals surface area contributed by atoms with Crippen molar-refractivity contribution in [3.8, 4) is 0 Å². The second-order valence-electron chi connectivity index (χ2n) is 5.68. The Bertz CT molecular complexity index is 573. The molecule has 0 radical (unpaired) electrons. The molecule has 1 aliphatic rings. The molecule has 0 aromatic heterocycles. The van der Waals surface area contributed by atoms with Crippen LogP contribution in [0.3, 0.4) is 0 Å². The summed E-state index contributed by atoms with van der Waals surface area (Å²) in [6.07, 6.45) is -8.72. The first-order valence-corrected chi connectivity index (χ1v) is 7.91. The third-order valence-electron chi connectivity index (χ3n) is 3.67. The molecule has 0 saturated carbocycles. The van der Waals surface area contributed by atoms with Crippen LogP contribution in [-0.2, 0) is 4.74 Å². The summed E-state index contributed by atoms with van der Waals surface area (Å²) >= 11 is 0. The maximum absolute atomic E-state index is 12.5. The third kappa shape index (κ3) is 7.49. The molecule has 0 aliphatic carbocycles. The number of nitrogens with zero attached hydrogens (tertiary/aromatic N) is 2. The number of ether oxygens (including phenoxy) is 1. The van der Waals surface area contributed by atoms with Gasteiger partial charge in [-0.05, 0) is 5.57 Å². The smallest absolute Gasteiger partial charge is 0.426 e.